The molecule has 0 radical (unpaired) electrons. The normalized spacial score (nSPS) is 13.8. The third-order valence-corrected chi connectivity index (χ3v) is 2.59. The number of pyridine rings is 1. The zero-order chi connectivity index (χ0) is 13.9. The maximum atomic E-state index is 11.7. The molecular formula is C10H10Cl2N2O4. The lowest BCUT2D eigenvalue weighted by Crippen LogP contribution is -2.47. The van der Waals surface area contributed by atoms with E-state index in [1.165, 1.54) is 19.1 Å². The Hall–Kier alpha value is -1.37. The Bertz CT molecular complexity index is 479. The van der Waals surface area contributed by atoms with Crippen LogP contribution >= 0.6 is 23.2 Å². The highest BCUT2D eigenvalue weighted by Gasteiger charge is 2.26. The number of hydrogen-bond donors (Lipinski definition) is 3. The Kier molecular flexibility index (Phi) is 4.89. The molecule has 0 spiro atoms. The number of halogens is 2. The molecule has 0 aliphatic rings. The highest BCUT2D eigenvalue weighted by atomic mass is 35.5. The number of carbonyl (C=O) groups excluding carboxylic acids is 1. The second kappa shape index (κ2) is 5.99. The highest BCUT2D eigenvalue weighted by molar-refractivity contribution is 6.34. The van der Waals surface area contributed by atoms with Crippen molar-refractivity contribution in [2.75, 3.05) is 0 Å². The van der Waals surface area contributed by atoms with Gasteiger partial charge in [-0.05, 0) is 19.1 Å². The first kappa shape index (κ1) is 14.7. The van der Waals surface area contributed by atoms with Crippen molar-refractivity contribution < 1.29 is 19.8 Å². The monoisotopic (exact) mass is 292 g/mol. The summed E-state index contributed by atoms with van der Waals surface area (Å²) >= 11 is 11.3. The smallest absolute Gasteiger partial charge is 0.328 e. The van der Waals surface area contributed by atoms with Gasteiger partial charge in [0.2, 0.25) is 0 Å². The van der Waals surface area contributed by atoms with Gasteiger partial charge in [0.1, 0.15) is 10.3 Å². The molecule has 1 aromatic heterocycles. The van der Waals surface area contributed by atoms with Crippen LogP contribution in [-0.4, -0.2) is 39.2 Å². The average Bonchev–Trinajstić information content (AvgIpc) is 2.24. The number of rotatable bonds is 4. The Morgan fingerprint density at radius 3 is 2.44 bits per heavy atom. The summed E-state index contributed by atoms with van der Waals surface area (Å²) in [5.74, 6) is -2.10. The maximum absolute atomic E-state index is 11.7. The van der Waals surface area contributed by atoms with Crippen LogP contribution in [0.1, 0.15) is 17.3 Å². The molecule has 1 heterocycles. The van der Waals surface area contributed by atoms with E-state index in [0.717, 1.165) is 0 Å². The minimum absolute atomic E-state index is 0.0204. The fourth-order valence-electron chi connectivity index (χ4n) is 1.19. The predicted octanol–water partition coefficient (Wildman–Crippen LogP) is 0.952. The van der Waals surface area contributed by atoms with Crippen molar-refractivity contribution in [3.63, 3.8) is 0 Å². The van der Waals surface area contributed by atoms with Gasteiger partial charge in [0.15, 0.2) is 6.04 Å². The van der Waals surface area contributed by atoms with Gasteiger partial charge in [-0.3, -0.25) is 4.79 Å². The third kappa shape index (κ3) is 3.56. The van der Waals surface area contributed by atoms with Gasteiger partial charge < -0.3 is 15.5 Å². The number of aliphatic carboxylic acids is 1. The number of aliphatic hydroxyl groups excluding tert-OH is 1. The van der Waals surface area contributed by atoms with E-state index in [1.54, 1.807) is 0 Å². The molecule has 0 aromatic carbocycles. The van der Waals surface area contributed by atoms with E-state index in [4.69, 9.17) is 28.3 Å². The molecule has 0 aliphatic carbocycles. The summed E-state index contributed by atoms with van der Waals surface area (Å²) in [6, 6.07) is 1.23. The first-order valence-electron chi connectivity index (χ1n) is 4.86. The van der Waals surface area contributed by atoms with Crippen LogP contribution in [0.4, 0.5) is 0 Å². The zero-order valence-electron chi connectivity index (χ0n) is 9.22. The highest BCUT2D eigenvalue weighted by Crippen LogP contribution is 2.16. The molecule has 1 rings (SSSR count). The fourth-order valence-corrected chi connectivity index (χ4v) is 1.62. The molecule has 0 bridgehead atoms. The molecule has 2 atom stereocenters. The van der Waals surface area contributed by atoms with Crippen molar-refractivity contribution >= 4 is 35.1 Å². The minimum Gasteiger partial charge on any atom is -0.480 e. The maximum Gasteiger partial charge on any atom is 0.328 e. The Labute approximate surface area is 113 Å². The van der Waals surface area contributed by atoms with Gasteiger partial charge >= 0.3 is 5.97 Å². The number of carboxylic acid groups (broad SMARTS) is 1. The summed E-state index contributed by atoms with van der Waals surface area (Å²) in [4.78, 5) is 26.2. The van der Waals surface area contributed by atoms with E-state index in [1.807, 2.05) is 0 Å². The van der Waals surface area contributed by atoms with Crippen molar-refractivity contribution in [2.24, 2.45) is 0 Å². The molecule has 18 heavy (non-hydrogen) atoms. The predicted molar refractivity (Wildman–Crippen MR) is 64.8 cm³/mol. The molecule has 0 unspecified atom stereocenters. The Balaban J connectivity index is 2.91. The van der Waals surface area contributed by atoms with E-state index >= 15 is 0 Å². The van der Waals surface area contributed by atoms with Gasteiger partial charge in [0.25, 0.3) is 5.91 Å². The summed E-state index contributed by atoms with van der Waals surface area (Å²) in [6.07, 6.45) is -1.24. The first-order valence-corrected chi connectivity index (χ1v) is 5.62. The molecule has 0 aliphatic heterocycles. The van der Waals surface area contributed by atoms with Crippen LogP contribution in [0.25, 0.3) is 0 Å². The quantitative estimate of drug-likeness (QED) is 0.718. The Morgan fingerprint density at radius 1 is 1.39 bits per heavy atom. The molecule has 1 aromatic rings. The fraction of sp³-hybridized carbons (Fsp3) is 0.300. The minimum atomic E-state index is -1.43. The van der Waals surface area contributed by atoms with Crippen LogP contribution in [0.2, 0.25) is 10.3 Å². The third-order valence-electron chi connectivity index (χ3n) is 2.09. The van der Waals surface area contributed by atoms with E-state index < -0.39 is 24.0 Å². The van der Waals surface area contributed by atoms with E-state index in [9.17, 15) is 14.7 Å². The molecule has 98 valence electrons. The lowest BCUT2D eigenvalue weighted by Gasteiger charge is -2.17. The molecule has 8 heteroatoms. The molecule has 0 saturated heterocycles. The summed E-state index contributed by atoms with van der Waals surface area (Å²) in [6.45, 7) is 1.25. The van der Waals surface area contributed by atoms with Crippen molar-refractivity contribution in [2.45, 2.75) is 19.1 Å². The molecule has 1 amide bonds. The summed E-state index contributed by atoms with van der Waals surface area (Å²) in [5.41, 5.74) is -0.0204. The molecule has 0 saturated carbocycles. The number of carbonyl (C=O) groups is 2. The number of hydrogen-bond acceptors (Lipinski definition) is 4. The summed E-state index contributed by atoms with van der Waals surface area (Å²) in [7, 11) is 0. The largest absolute Gasteiger partial charge is 0.480 e. The topological polar surface area (TPSA) is 99.5 Å². The standard InChI is InChI=1S/C10H10Cl2N2O4/c1-4(15)7(10(17)18)14-9(16)5-2-3-6(11)13-8(5)12/h2-4,7,15H,1H3,(H,14,16)(H,17,18)/t4-,7+/m1/s1. The van der Waals surface area contributed by atoms with Gasteiger partial charge in [-0.2, -0.15) is 0 Å². The van der Waals surface area contributed by atoms with E-state index in [-0.39, 0.29) is 15.9 Å². The van der Waals surface area contributed by atoms with Crippen molar-refractivity contribution in [3.05, 3.63) is 28.0 Å². The molecule has 6 nitrogen and oxygen atoms in total. The van der Waals surface area contributed by atoms with Crippen LogP contribution in [0.5, 0.6) is 0 Å². The number of carboxylic acids is 1. The van der Waals surface area contributed by atoms with Crippen molar-refractivity contribution in [1.29, 1.82) is 0 Å². The van der Waals surface area contributed by atoms with Crippen LogP contribution in [0.15, 0.2) is 12.1 Å². The number of nitrogens with zero attached hydrogens (tertiary/aromatic N) is 1. The van der Waals surface area contributed by atoms with Crippen LogP contribution < -0.4 is 5.32 Å². The second-order valence-electron chi connectivity index (χ2n) is 3.50. The van der Waals surface area contributed by atoms with Crippen molar-refractivity contribution in [3.8, 4) is 0 Å². The molecule has 3 N–H and O–H groups in total. The molecular weight excluding hydrogens is 283 g/mol. The van der Waals surface area contributed by atoms with Crippen LogP contribution in [0, 0.1) is 0 Å². The number of aliphatic hydroxyl groups is 1. The molecule has 0 fully saturated rings. The van der Waals surface area contributed by atoms with E-state index in [2.05, 4.69) is 10.3 Å². The van der Waals surface area contributed by atoms with E-state index in [0.29, 0.717) is 0 Å². The summed E-state index contributed by atoms with van der Waals surface area (Å²) in [5, 5.41) is 20.1. The SMILES string of the molecule is C[C@@H](O)[C@H](NC(=O)c1ccc(Cl)nc1Cl)C(=O)O. The second-order valence-corrected chi connectivity index (χ2v) is 4.25. The van der Waals surface area contributed by atoms with Gasteiger partial charge in [-0.15, -0.1) is 0 Å². The van der Waals surface area contributed by atoms with Crippen LogP contribution in [0.3, 0.4) is 0 Å². The lowest BCUT2D eigenvalue weighted by atomic mass is 10.1. The average molecular weight is 293 g/mol. The van der Waals surface area contributed by atoms with Crippen LogP contribution in [-0.2, 0) is 4.79 Å². The Morgan fingerprint density at radius 2 is 2.00 bits per heavy atom. The van der Waals surface area contributed by atoms with Gasteiger partial charge in [0, 0.05) is 0 Å². The lowest BCUT2D eigenvalue weighted by molar-refractivity contribution is -0.141. The zero-order valence-corrected chi connectivity index (χ0v) is 10.7. The number of nitrogens with one attached hydrogen (secondary N) is 1. The van der Waals surface area contributed by atoms with Gasteiger partial charge in [-0.25, -0.2) is 9.78 Å². The number of aromatic nitrogens is 1. The van der Waals surface area contributed by atoms with Gasteiger partial charge in [-0.1, -0.05) is 23.2 Å². The van der Waals surface area contributed by atoms with Gasteiger partial charge in [0.05, 0.1) is 11.7 Å². The van der Waals surface area contributed by atoms with Crippen molar-refractivity contribution in [1.82, 2.24) is 10.3 Å². The number of amides is 1. The summed E-state index contributed by atoms with van der Waals surface area (Å²) < 4.78 is 0. The first-order chi connectivity index (χ1) is 8.32.